The summed E-state index contributed by atoms with van der Waals surface area (Å²) in [5.41, 5.74) is 1.38. The van der Waals surface area contributed by atoms with E-state index in [2.05, 4.69) is 25.8 Å². The van der Waals surface area contributed by atoms with E-state index in [1.54, 1.807) is 24.0 Å². The number of anilines is 3. The number of Topliss-reactive ketones (excluding diaryl/α,β-unsaturated/α-hetero) is 1. The highest BCUT2D eigenvalue weighted by molar-refractivity contribution is 5.95. The van der Waals surface area contributed by atoms with Gasteiger partial charge in [0.2, 0.25) is 5.95 Å². The predicted molar refractivity (Wildman–Crippen MR) is 105 cm³/mol. The van der Waals surface area contributed by atoms with Crippen LogP contribution in [0.1, 0.15) is 37.0 Å². The molecule has 148 valence electrons. The number of likely N-dealkylation sites (tertiary alicyclic amines) is 1. The monoisotopic (exact) mass is 384 g/mol. The number of hydrogen-bond acceptors (Lipinski definition) is 8. The third kappa shape index (κ3) is 5.15. The molecule has 0 saturated carbocycles. The molecule has 2 aromatic rings. The Morgan fingerprint density at radius 3 is 2.79 bits per heavy atom. The van der Waals surface area contributed by atoms with Crippen molar-refractivity contribution < 1.29 is 14.3 Å². The quantitative estimate of drug-likeness (QED) is 0.732. The van der Waals surface area contributed by atoms with Crippen LogP contribution in [0.5, 0.6) is 0 Å². The van der Waals surface area contributed by atoms with Crippen molar-refractivity contribution in [1.82, 2.24) is 20.1 Å². The highest BCUT2D eigenvalue weighted by Crippen LogP contribution is 2.18. The molecule has 0 atom stereocenters. The lowest BCUT2D eigenvalue weighted by Gasteiger charge is -2.31. The van der Waals surface area contributed by atoms with Gasteiger partial charge in [0.15, 0.2) is 11.6 Å². The van der Waals surface area contributed by atoms with Crippen molar-refractivity contribution in [3.8, 4) is 0 Å². The highest BCUT2D eigenvalue weighted by Gasteiger charge is 2.24. The van der Waals surface area contributed by atoms with E-state index in [-0.39, 0.29) is 17.9 Å². The molecule has 2 N–H and O–H groups in total. The molecule has 0 radical (unpaired) electrons. The lowest BCUT2D eigenvalue weighted by molar-refractivity contribution is 0.0981. The van der Waals surface area contributed by atoms with Crippen molar-refractivity contribution in [3.05, 3.63) is 36.0 Å². The molecule has 0 aliphatic carbocycles. The van der Waals surface area contributed by atoms with E-state index < -0.39 is 0 Å². The van der Waals surface area contributed by atoms with Crippen molar-refractivity contribution >= 4 is 29.3 Å². The standard InChI is InChI=1S/C19H24N6O3/c1-3-28-19(27)25-9-7-15(8-10-25)22-18-23-17(12-20-24-18)21-16-6-4-5-14(11-16)13(2)26/h4-6,11-12,15H,3,7-10H2,1-2H3,(H2,21,22,23,24). The Morgan fingerprint density at radius 2 is 2.07 bits per heavy atom. The Kier molecular flexibility index (Phi) is 6.36. The molecule has 0 unspecified atom stereocenters. The van der Waals surface area contributed by atoms with Crippen LogP contribution in [0.15, 0.2) is 30.5 Å². The van der Waals surface area contributed by atoms with Gasteiger partial charge in [-0.1, -0.05) is 12.1 Å². The summed E-state index contributed by atoms with van der Waals surface area (Å²) < 4.78 is 5.03. The minimum atomic E-state index is -0.266. The minimum absolute atomic E-state index is 0.000906. The first kappa shape index (κ1) is 19.5. The smallest absolute Gasteiger partial charge is 0.409 e. The number of rotatable bonds is 6. The molecule has 0 spiro atoms. The predicted octanol–water partition coefficient (Wildman–Crippen LogP) is 2.85. The van der Waals surface area contributed by atoms with E-state index in [1.807, 2.05) is 12.1 Å². The fourth-order valence-electron chi connectivity index (χ4n) is 2.99. The molecule has 1 aliphatic heterocycles. The molecular weight excluding hydrogens is 360 g/mol. The van der Waals surface area contributed by atoms with Gasteiger partial charge in [0.1, 0.15) is 0 Å². The van der Waals surface area contributed by atoms with Crippen LogP contribution < -0.4 is 10.6 Å². The number of benzene rings is 1. The molecule has 3 rings (SSSR count). The number of hydrogen-bond donors (Lipinski definition) is 2. The van der Waals surface area contributed by atoms with Gasteiger partial charge in [-0.15, -0.1) is 5.10 Å². The van der Waals surface area contributed by atoms with Gasteiger partial charge in [-0.05, 0) is 38.8 Å². The summed E-state index contributed by atoms with van der Waals surface area (Å²) in [5.74, 6) is 0.949. The second-order valence-corrected chi connectivity index (χ2v) is 6.53. The molecule has 28 heavy (non-hydrogen) atoms. The van der Waals surface area contributed by atoms with Crippen LogP contribution in [0.2, 0.25) is 0 Å². The van der Waals surface area contributed by atoms with E-state index in [9.17, 15) is 9.59 Å². The number of nitrogens with zero attached hydrogens (tertiary/aromatic N) is 4. The molecule has 1 aromatic carbocycles. The molecule has 1 aromatic heterocycles. The minimum Gasteiger partial charge on any atom is -0.450 e. The Labute approximate surface area is 163 Å². The van der Waals surface area contributed by atoms with Crippen molar-refractivity contribution in [2.75, 3.05) is 30.3 Å². The fraction of sp³-hybridized carbons (Fsp3) is 0.421. The van der Waals surface area contributed by atoms with Crippen molar-refractivity contribution in [1.29, 1.82) is 0 Å². The van der Waals surface area contributed by atoms with Crippen molar-refractivity contribution in [2.45, 2.75) is 32.7 Å². The molecule has 1 amide bonds. The van der Waals surface area contributed by atoms with Crippen LogP contribution in [0, 0.1) is 0 Å². The van der Waals surface area contributed by atoms with Crippen LogP contribution in [0.4, 0.5) is 22.2 Å². The average molecular weight is 384 g/mol. The molecule has 1 fully saturated rings. The van der Waals surface area contributed by atoms with Gasteiger partial charge in [0, 0.05) is 30.4 Å². The molecule has 1 saturated heterocycles. The van der Waals surface area contributed by atoms with Crippen molar-refractivity contribution in [3.63, 3.8) is 0 Å². The van der Waals surface area contributed by atoms with Crippen LogP contribution in [0.25, 0.3) is 0 Å². The Bertz CT molecular complexity index is 836. The molecule has 0 bridgehead atoms. The van der Waals surface area contributed by atoms with Gasteiger partial charge >= 0.3 is 6.09 Å². The normalized spacial score (nSPS) is 14.4. The van der Waals surface area contributed by atoms with E-state index in [0.29, 0.717) is 37.0 Å². The summed E-state index contributed by atoms with van der Waals surface area (Å²) in [7, 11) is 0. The topological polar surface area (TPSA) is 109 Å². The van der Waals surface area contributed by atoms with E-state index >= 15 is 0 Å². The van der Waals surface area contributed by atoms with Gasteiger partial charge in [-0.3, -0.25) is 4.79 Å². The maximum absolute atomic E-state index is 11.8. The van der Waals surface area contributed by atoms with E-state index in [4.69, 9.17) is 4.74 Å². The van der Waals surface area contributed by atoms with E-state index in [1.165, 1.54) is 13.1 Å². The van der Waals surface area contributed by atoms with Gasteiger partial charge in [-0.2, -0.15) is 10.1 Å². The fourth-order valence-corrected chi connectivity index (χ4v) is 2.99. The molecular formula is C19H24N6O3. The van der Waals surface area contributed by atoms with Crippen LogP contribution >= 0.6 is 0 Å². The molecule has 9 heteroatoms. The zero-order chi connectivity index (χ0) is 19.9. The number of aromatic nitrogens is 3. The lowest BCUT2D eigenvalue weighted by atomic mass is 10.1. The average Bonchev–Trinajstić information content (AvgIpc) is 2.69. The summed E-state index contributed by atoms with van der Waals surface area (Å²) in [6.07, 6.45) is 2.81. The third-order valence-electron chi connectivity index (χ3n) is 4.45. The van der Waals surface area contributed by atoms with Crippen molar-refractivity contribution in [2.24, 2.45) is 0 Å². The zero-order valence-corrected chi connectivity index (χ0v) is 16.0. The number of ketones is 1. The highest BCUT2D eigenvalue weighted by atomic mass is 16.6. The summed E-state index contributed by atoms with van der Waals surface area (Å²) in [6, 6.07) is 7.35. The second kappa shape index (κ2) is 9.12. The first-order chi connectivity index (χ1) is 13.5. The third-order valence-corrected chi connectivity index (χ3v) is 4.45. The van der Waals surface area contributed by atoms with Gasteiger partial charge in [-0.25, -0.2) is 4.79 Å². The number of piperidine rings is 1. The van der Waals surface area contributed by atoms with Gasteiger partial charge < -0.3 is 20.3 Å². The first-order valence-corrected chi connectivity index (χ1v) is 9.31. The SMILES string of the molecule is CCOC(=O)N1CCC(Nc2nncc(Nc3cccc(C(C)=O)c3)n2)CC1. The summed E-state index contributed by atoms with van der Waals surface area (Å²) in [6.45, 7) is 4.96. The van der Waals surface area contributed by atoms with Crippen LogP contribution in [-0.4, -0.2) is 57.7 Å². The number of amides is 1. The second-order valence-electron chi connectivity index (χ2n) is 6.53. The Morgan fingerprint density at radius 1 is 1.29 bits per heavy atom. The summed E-state index contributed by atoms with van der Waals surface area (Å²) in [4.78, 5) is 29.4. The molecule has 9 nitrogen and oxygen atoms in total. The number of carbonyl (C=O) groups is 2. The van der Waals surface area contributed by atoms with Gasteiger partial charge in [0.05, 0.1) is 12.8 Å². The van der Waals surface area contributed by atoms with E-state index in [0.717, 1.165) is 18.5 Å². The van der Waals surface area contributed by atoms with Gasteiger partial charge in [0.25, 0.3) is 0 Å². The summed E-state index contributed by atoms with van der Waals surface area (Å²) >= 11 is 0. The molecule has 2 heterocycles. The Balaban J connectivity index is 1.58. The summed E-state index contributed by atoms with van der Waals surface area (Å²) in [5, 5.41) is 14.4. The van der Waals surface area contributed by atoms with Crippen LogP contribution in [0.3, 0.4) is 0 Å². The first-order valence-electron chi connectivity index (χ1n) is 9.31. The zero-order valence-electron chi connectivity index (χ0n) is 16.0. The maximum atomic E-state index is 11.8. The van der Waals surface area contributed by atoms with Crippen LogP contribution in [-0.2, 0) is 4.74 Å². The largest absolute Gasteiger partial charge is 0.450 e. The lowest BCUT2D eigenvalue weighted by Crippen LogP contribution is -2.42. The molecule has 1 aliphatic rings. The number of carbonyl (C=O) groups excluding carboxylic acids is 2. The number of ether oxygens (including phenoxy) is 1. The maximum Gasteiger partial charge on any atom is 0.409 e. The Hall–Kier alpha value is -3.23. The number of nitrogens with one attached hydrogen (secondary N) is 2.